The predicted molar refractivity (Wildman–Crippen MR) is 113 cm³/mol. The van der Waals surface area contributed by atoms with Crippen LogP contribution in [0.3, 0.4) is 0 Å². The zero-order valence-electron chi connectivity index (χ0n) is 16.3. The van der Waals surface area contributed by atoms with Crippen LogP contribution in [0.1, 0.15) is 16.8 Å². The van der Waals surface area contributed by atoms with Crippen LogP contribution in [0.4, 0.5) is 5.82 Å². The average molecular weight is 385 g/mol. The number of rotatable bonds is 4. The third-order valence-corrected chi connectivity index (χ3v) is 5.37. The summed E-state index contributed by atoms with van der Waals surface area (Å²) in [5, 5.41) is 11.9. The van der Waals surface area contributed by atoms with Crippen LogP contribution in [0, 0.1) is 5.41 Å². The normalized spacial score (nSPS) is 14.1. The molecule has 1 aliphatic rings. The topological polar surface area (TPSA) is 85.6 Å². The van der Waals surface area contributed by atoms with Crippen molar-refractivity contribution in [2.24, 2.45) is 0 Å². The molecule has 4 aromatic rings. The second-order valence-electron chi connectivity index (χ2n) is 7.45. The second kappa shape index (κ2) is 7.18. The van der Waals surface area contributed by atoms with Crippen LogP contribution in [0.2, 0.25) is 0 Å². The lowest BCUT2D eigenvalue weighted by atomic mass is 10.1. The molecule has 0 amide bonds. The third-order valence-electron chi connectivity index (χ3n) is 5.37. The first-order valence-corrected chi connectivity index (χ1v) is 9.80. The molecule has 0 bridgehead atoms. The highest BCUT2D eigenvalue weighted by Gasteiger charge is 2.22. The summed E-state index contributed by atoms with van der Waals surface area (Å²) in [5.74, 6) is 1.39. The second-order valence-corrected chi connectivity index (χ2v) is 7.45. The molecule has 0 saturated heterocycles. The van der Waals surface area contributed by atoms with E-state index in [-0.39, 0.29) is 5.62 Å². The summed E-state index contributed by atoms with van der Waals surface area (Å²) in [5.41, 5.74) is 5.47. The van der Waals surface area contributed by atoms with Gasteiger partial charge in [-0.15, -0.1) is 0 Å². The Hall–Kier alpha value is -3.45. The van der Waals surface area contributed by atoms with Crippen molar-refractivity contribution in [3.8, 4) is 5.95 Å². The zero-order chi connectivity index (χ0) is 19.8. The van der Waals surface area contributed by atoms with Gasteiger partial charge in [-0.05, 0) is 31.2 Å². The number of imidazole rings is 1. The van der Waals surface area contributed by atoms with E-state index in [1.807, 2.05) is 42.5 Å². The van der Waals surface area contributed by atoms with Gasteiger partial charge in [0.25, 0.3) is 0 Å². The lowest BCUT2D eigenvalue weighted by Gasteiger charge is -2.26. The van der Waals surface area contributed by atoms with Gasteiger partial charge in [-0.1, -0.05) is 42.5 Å². The monoisotopic (exact) mass is 385 g/mol. The molecule has 2 aromatic carbocycles. The Kier molecular flexibility index (Phi) is 4.37. The van der Waals surface area contributed by atoms with E-state index < -0.39 is 0 Å². The maximum Gasteiger partial charge on any atom is 0.239 e. The number of fused-ring (bicyclic) bond motifs is 2. The standard InChI is InChI=1S/C22H23N7/c1-28-12-11-16-18(14-28)26-22(27-20(16)24-13-15-7-3-2-4-8-15)29-19-10-6-5-9-17(19)25-21(29)23/h2-10H,11-14H2,1H3,(H2,23,25)(H,24,26,27). The smallest absolute Gasteiger partial charge is 0.239 e. The molecule has 0 fully saturated rings. The Labute approximate surface area is 168 Å². The highest BCUT2D eigenvalue weighted by Crippen LogP contribution is 2.25. The van der Waals surface area contributed by atoms with Gasteiger partial charge in [0.05, 0.1) is 16.7 Å². The molecule has 7 nitrogen and oxygen atoms in total. The summed E-state index contributed by atoms with van der Waals surface area (Å²) < 4.78 is 1.78. The number of H-pyrrole nitrogens is 1. The van der Waals surface area contributed by atoms with Crippen LogP contribution in [0.25, 0.3) is 17.0 Å². The molecule has 0 aliphatic carbocycles. The SMILES string of the molecule is CN1CCc2c(nc(-n3c(=N)[nH]c4ccccc43)nc2NCc2ccccc2)C1. The van der Waals surface area contributed by atoms with E-state index in [0.717, 1.165) is 42.1 Å². The molecule has 5 rings (SSSR count). The highest BCUT2D eigenvalue weighted by atomic mass is 15.2. The number of nitrogens with one attached hydrogen (secondary N) is 3. The number of para-hydroxylation sites is 2. The molecule has 29 heavy (non-hydrogen) atoms. The minimum absolute atomic E-state index is 0.268. The molecule has 3 heterocycles. The van der Waals surface area contributed by atoms with Gasteiger partial charge in [-0.2, -0.15) is 4.98 Å². The Morgan fingerprint density at radius 1 is 1.07 bits per heavy atom. The van der Waals surface area contributed by atoms with E-state index in [1.165, 1.54) is 11.1 Å². The van der Waals surface area contributed by atoms with Gasteiger partial charge in [0.1, 0.15) is 5.82 Å². The highest BCUT2D eigenvalue weighted by molar-refractivity contribution is 5.76. The molecule has 2 aromatic heterocycles. The number of hydrogen-bond donors (Lipinski definition) is 3. The summed E-state index contributed by atoms with van der Waals surface area (Å²) in [6, 6.07) is 18.2. The zero-order valence-corrected chi connectivity index (χ0v) is 16.3. The summed E-state index contributed by atoms with van der Waals surface area (Å²) in [6.07, 6.45) is 0.912. The van der Waals surface area contributed by atoms with Crippen LogP contribution in [0.5, 0.6) is 0 Å². The van der Waals surface area contributed by atoms with Gasteiger partial charge in [0.2, 0.25) is 11.6 Å². The summed E-state index contributed by atoms with van der Waals surface area (Å²) in [6.45, 7) is 2.46. The Balaban J connectivity index is 1.62. The quantitative estimate of drug-likeness (QED) is 0.504. The summed E-state index contributed by atoms with van der Waals surface area (Å²) >= 11 is 0. The van der Waals surface area contributed by atoms with Gasteiger partial charge < -0.3 is 15.2 Å². The number of anilines is 1. The molecule has 0 spiro atoms. The van der Waals surface area contributed by atoms with Crippen molar-refractivity contribution in [2.45, 2.75) is 19.5 Å². The summed E-state index contributed by atoms with van der Waals surface area (Å²) in [7, 11) is 2.11. The first-order chi connectivity index (χ1) is 14.2. The molecular weight excluding hydrogens is 362 g/mol. The van der Waals surface area contributed by atoms with Crippen LogP contribution >= 0.6 is 0 Å². The largest absolute Gasteiger partial charge is 0.366 e. The van der Waals surface area contributed by atoms with E-state index in [1.54, 1.807) is 4.57 Å². The molecule has 0 unspecified atom stereocenters. The third kappa shape index (κ3) is 3.30. The molecule has 0 atom stereocenters. The molecule has 7 heteroatoms. The van der Waals surface area contributed by atoms with Crippen molar-refractivity contribution in [3.05, 3.63) is 77.0 Å². The van der Waals surface area contributed by atoms with Crippen molar-refractivity contribution >= 4 is 16.9 Å². The van der Waals surface area contributed by atoms with Crippen molar-refractivity contribution in [1.29, 1.82) is 5.41 Å². The number of aromatic amines is 1. The van der Waals surface area contributed by atoms with Crippen LogP contribution in [-0.2, 0) is 19.5 Å². The molecule has 0 saturated carbocycles. The number of hydrogen-bond acceptors (Lipinski definition) is 5. The Morgan fingerprint density at radius 3 is 2.72 bits per heavy atom. The van der Waals surface area contributed by atoms with Gasteiger partial charge in [-0.25, -0.2) is 9.55 Å². The minimum Gasteiger partial charge on any atom is -0.366 e. The van der Waals surface area contributed by atoms with E-state index in [9.17, 15) is 0 Å². The molecule has 1 aliphatic heterocycles. The van der Waals surface area contributed by atoms with Crippen molar-refractivity contribution in [1.82, 2.24) is 24.4 Å². The number of benzene rings is 2. The van der Waals surface area contributed by atoms with Gasteiger partial charge in [-0.3, -0.25) is 5.41 Å². The predicted octanol–water partition coefficient (Wildman–Crippen LogP) is 2.83. The van der Waals surface area contributed by atoms with Crippen LogP contribution < -0.4 is 10.9 Å². The molecular formula is C22H23N7. The molecule has 0 radical (unpaired) electrons. The summed E-state index contributed by atoms with van der Waals surface area (Å²) in [4.78, 5) is 15.1. The fourth-order valence-corrected chi connectivity index (χ4v) is 3.86. The van der Waals surface area contributed by atoms with Gasteiger partial charge in [0.15, 0.2) is 0 Å². The van der Waals surface area contributed by atoms with E-state index in [0.29, 0.717) is 12.5 Å². The van der Waals surface area contributed by atoms with Crippen molar-refractivity contribution in [3.63, 3.8) is 0 Å². The van der Waals surface area contributed by atoms with E-state index >= 15 is 0 Å². The van der Waals surface area contributed by atoms with Crippen molar-refractivity contribution in [2.75, 3.05) is 18.9 Å². The fourth-order valence-electron chi connectivity index (χ4n) is 3.86. The first kappa shape index (κ1) is 17.6. The van der Waals surface area contributed by atoms with Crippen LogP contribution in [0.15, 0.2) is 54.6 Å². The first-order valence-electron chi connectivity index (χ1n) is 9.80. The Morgan fingerprint density at radius 2 is 1.86 bits per heavy atom. The number of aromatic nitrogens is 4. The maximum absolute atomic E-state index is 8.42. The fraction of sp³-hybridized carbons (Fsp3) is 0.227. The van der Waals surface area contributed by atoms with Crippen molar-refractivity contribution < 1.29 is 0 Å². The lowest BCUT2D eigenvalue weighted by Crippen LogP contribution is -2.30. The Bertz CT molecular complexity index is 1220. The lowest BCUT2D eigenvalue weighted by molar-refractivity contribution is 0.307. The number of nitrogens with zero attached hydrogens (tertiary/aromatic N) is 4. The van der Waals surface area contributed by atoms with Crippen LogP contribution in [-0.4, -0.2) is 38.0 Å². The maximum atomic E-state index is 8.42. The minimum atomic E-state index is 0.268. The van der Waals surface area contributed by atoms with Gasteiger partial charge in [0, 0.05) is 25.2 Å². The average Bonchev–Trinajstić information content (AvgIpc) is 3.08. The number of likely N-dealkylation sites (N-methyl/N-ethyl adjacent to an activating group) is 1. The van der Waals surface area contributed by atoms with E-state index in [4.69, 9.17) is 15.4 Å². The molecule has 146 valence electrons. The molecule has 3 N–H and O–H groups in total. The van der Waals surface area contributed by atoms with Gasteiger partial charge >= 0.3 is 0 Å². The van der Waals surface area contributed by atoms with E-state index in [2.05, 4.69) is 34.4 Å².